The number of sulfonamides is 2. The van der Waals surface area contributed by atoms with E-state index in [4.69, 9.17) is 21.1 Å². The zero-order chi connectivity index (χ0) is 29.4. The topological polar surface area (TPSA) is 122 Å². The van der Waals surface area contributed by atoms with Gasteiger partial charge < -0.3 is 14.8 Å². The Morgan fingerprint density at radius 2 is 1.59 bits per heavy atom. The third kappa shape index (κ3) is 5.74. The fourth-order valence-electron chi connectivity index (χ4n) is 5.14. The number of carbonyl (C=O) groups is 1. The van der Waals surface area contributed by atoms with Crippen molar-refractivity contribution >= 4 is 48.9 Å². The number of hydrogen-bond donors (Lipinski definition) is 1. The summed E-state index contributed by atoms with van der Waals surface area (Å²) in [6.45, 7) is 0.624. The van der Waals surface area contributed by atoms with Crippen molar-refractivity contribution in [2.45, 2.75) is 29.1 Å². The normalized spacial score (nSPS) is 16.3. The largest absolute Gasteiger partial charge is 0.497 e. The first-order valence-electron chi connectivity index (χ1n) is 13.0. The van der Waals surface area contributed by atoms with E-state index >= 15 is 0 Å². The lowest BCUT2D eigenvalue weighted by Gasteiger charge is -2.31. The van der Waals surface area contributed by atoms with Gasteiger partial charge in [-0.1, -0.05) is 17.7 Å². The summed E-state index contributed by atoms with van der Waals surface area (Å²) in [7, 11) is -4.81. The van der Waals surface area contributed by atoms with E-state index < -0.39 is 26.0 Å². The van der Waals surface area contributed by atoms with Gasteiger partial charge in [0.1, 0.15) is 16.4 Å². The maximum atomic E-state index is 13.4. The van der Waals surface area contributed by atoms with E-state index in [2.05, 4.69) is 5.32 Å². The first-order valence-corrected chi connectivity index (χ1v) is 16.2. The van der Waals surface area contributed by atoms with E-state index in [1.165, 1.54) is 53.2 Å². The predicted molar refractivity (Wildman–Crippen MR) is 156 cm³/mol. The monoisotopic (exact) mass is 619 g/mol. The van der Waals surface area contributed by atoms with Gasteiger partial charge in [-0.15, -0.1) is 0 Å². The average molecular weight is 620 g/mol. The van der Waals surface area contributed by atoms with E-state index in [9.17, 15) is 21.6 Å². The average Bonchev–Trinajstić information content (AvgIpc) is 3.41. The molecule has 2 heterocycles. The van der Waals surface area contributed by atoms with Crippen molar-refractivity contribution in [3.63, 3.8) is 0 Å². The van der Waals surface area contributed by atoms with Gasteiger partial charge in [0.05, 0.1) is 24.8 Å². The second-order valence-electron chi connectivity index (χ2n) is 9.81. The minimum absolute atomic E-state index is 0.0125. The summed E-state index contributed by atoms with van der Waals surface area (Å²) in [5.74, 6) is -0.0382. The SMILES string of the molecule is COc1ccc(OC)c(S(=O)(=O)N2CCC(C(=O)Nc3ccc4c(c3)N(S(=O)(=O)c3ccc(Cl)cc3)CC4)CC2)c1. The Hall–Kier alpha value is -3.32. The number of rotatable bonds is 8. The van der Waals surface area contributed by atoms with Crippen LogP contribution in [0.25, 0.3) is 0 Å². The van der Waals surface area contributed by atoms with Crippen molar-refractivity contribution in [1.29, 1.82) is 0 Å². The number of ether oxygens (including phenoxy) is 2. The van der Waals surface area contributed by atoms with Crippen LogP contribution in [0.1, 0.15) is 18.4 Å². The lowest BCUT2D eigenvalue weighted by molar-refractivity contribution is -0.120. The molecule has 41 heavy (non-hydrogen) atoms. The van der Waals surface area contributed by atoms with Crippen molar-refractivity contribution in [2.24, 2.45) is 5.92 Å². The third-order valence-electron chi connectivity index (χ3n) is 7.42. The molecule has 0 unspecified atom stereocenters. The van der Waals surface area contributed by atoms with Gasteiger partial charge in [-0.25, -0.2) is 16.8 Å². The molecule has 3 aromatic rings. The van der Waals surface area contributed by atoms with E-state index in [0.29, 0.717) is 48.0 Å². The zero-order valence-corrected chi connectivity index (χ0v) is 24.9. The Morgan fingerprint density at radius 3 is 2.24 bits per heavy atom. The highest BCUT2D eigenvalue weighted by atomic mass is 35.5. The summed E-state index contributed by atoms with van der Waals surface area (Å²) < 4.78 is 66.5. The molecule has 0 aliphatic carbocycles. The number of benzene rings is 3. The Bertz CT molecular complexity index is 1670. The van der Waals surface area contributed by atoms with E-state index in [-0.39, 0.29) is 34.5 Å². The van der Waals surface area contributed by atoms with Crippen LogP contribution >= 0.6 is 11.6 Å². The van der Waals surface area contributed by atoms with Gasteiger partial charge in [0, 0.05) is 42.3 Å². The van der Waals surface area contributed by atoms with Crippen molar-refractivity contribution in [3.05, 3.63) is 71.2 Å². The van der Waals surface area contributed by atoms with Crippen LogP contribution in [0.15, 0.2) is 70.5 Å². The van der Waals surface area contributed by atoms with Crippen molar-refractivity contribution < 1.29 is 31.1 Å². The number of hydrogen-bond acceptors (Lipinski definition) is 7. The van der Waals surface area contributed by atoms with E-state index in [0.717, 1.165) is 5.56 Å². The highest BCUT2D eigenvalue weighted by Gasteiger charge is 2.35. The number of halogens is 1. The Labute approximate surface area is 244 Å². The van der Waals surface area contributed by atoms with Gasteiger partial charge in [0.2, 0.25) is 15.9 Å². The summed E-state index contributed by atoms with van der Waals surface area (Å²) in [6, 6.07) is 15.8. The Kier molecular flexibility index (Phi) is 8.20. The van der Waals surface area contributed by atoms with Gasteiger partial charge in [-0.3, -0.25) is 9.10 Å². The van der Waals surface area contributed by atoms with Crippen LogP contribution in [0.4, 0.5) is 11.4 Å². The summed E-state index contributed by atoms with van der Waals surface area (Å²) in [5, 5.41) is 3.34. The summed E-state index contributed by atoms with van der Waals surface area (Å²) in [4.78, 5) is 13.3. The van der Waals surface area contributed by atoms with E-state index in [1.54, 1.807) is 24.3 Å². The molecule has 0 aromatic heterocycles. The number of piperidine rings is 1. The number of amides is 1. The molecule has 1 fully saturated rings. The van der Waals surface area contributed by atoms with Crippen LogP contribution in [0, 0.1) is 5.92 Å². The highest BCUT2D eigenvalue weighted by Crippen LogP contribution is 2.36. The van der Waals surface area contributed by atoms with Crippen molar-refractivity contribution in [1.82, 2.24) is 4.31 Å². The first-order chi connectivity index (χ1) is 19.5. The van der Waals surface area contributed by atoms with Crippen molar-refractivity contribution in [3.8, 4) is 11.5 Å². The lowest BCUT2D eigenvalue weighted by atomic mass is 9.97. The zero-order valence-electron chi connectivity index (χ0n) is 22.5. The standard InChI is InChI=1S/C28H30ClN3O7S2/c1-38-23-7-10-26(39-2)27(18-23)41(36,37)31-14-11-20(12-15-31)28(33)30-22-6-3-19-13-16-32(25(19)17-22)40(34,35)24-8-4-21(29)5-9-24/h3-10,17-18,20H,11-16H2,1-2H3,(H,30,33). The Morgan fingerprint density at radius 1 is 0.878 bits per heavy atom. The molecule has 0 spiro atoms. The van der Waals surface area contributed by atoms with Gasteiger partial charge in [0.15, 0.2) is 0 Å². The fourth-order valence-corrected chi connectivity index (χ4v) is 8.40. The van der Waals surface area contributed by atoms with Gasteiger partial charge in [-0.05, 0) is 73.4 Å². The fraction of sp³-hybridized carbons (Fsp3) is 0.321. The lowest BCUT2D eigenvalue weighted by Crippen LogP contribution is -2.41. The van der Waals surface area contributed by atoms with Gasteiger partial charge in [-0.2, -0.15) is 4.31 Å². The highest BCUT2D eigenvalue weighted by molar-refractivity contribution is 7.92. The number of carbonyl (C=O) groups excluding carboxylic acids is 1. The second-order valence-corrected chi connectivity index (χ2v) is 14.0. The minimum Gasteiger partial charge on any atom is -0.497 e. The smallest absolute Gasteiger partial charge is 0.264 e. The summed E-state index contributed by atoms with van der Waals surface area (Å²) >= 11 is 5.93. The maximum absolute atomic E-state index is 13.4. The molecule has 3 aromatic carbocycles. The molecule has 0 radical (unpaired) electrons. The van der Waals surface area contributed by atoms with Crippen LogP contribution in [0.2, 0.25) is 5.02 Å². The first kappa shape index (κ1) is 29.2. The van der Waals surface area contributed by atoms with Gasteiger partial charge >= 0.3 is 0 Å². The predicted octanol–water partition coefficient (Wildman–Crippen LogP) is 4.15. The molecule has 1 saturated heterocycles. The summed E-state index contributed by atoms with van der Waals surface area (Å²) in [5.41, 5.74) is 1.86. The maximum Gasteiger partial charge on any atom is 0.264 e. The van der Waals surface area contributed by atoms with Crippen LogP contribution < -0.4 is 19.1 Å². The summed E-state index contributed by atoms with van der Waals surface area (Å²) in [6.07, 6.45) is 1.22. The molecule has 218 valence electrons. The molecular weight excluding hydrogens is 590 g/mol. The van der Waals surface area contributed by atoms with Crippen molar-refractivity contribution in [2.75, 3.05) is 43.5 Å². The van der Waals surface area contributed by atoms with Crippen LogP contribution in [0.5, 0.6) is 11.5 Å². The molecule has 13 heteroatoms. The van der Waals surface area contributed by atoms with Crippen LogP contribution in [-0.4, -0.2) is 60.9 Å². The van der Waals surface area contributed by atoms with Crippen LogP contribution in [0.3, 0.4) is 0 Å². The second kappa shape index (κ2) is 11.5. The van der Waals surface area contributed by atoms with Gasteiger partial charge in [0.25, 0.3) is 10.0 Å². The molecule has 10 nitrogen and oxygen atoms in total. The number of anilines is 2. The Balaban J connectivity index is 1.27. The molecule has 2 aliphatic heterocycles. The number of nitrogens with one attached hydrogen (secondary N) is 1. The number of methoxy groups -OCH3 is 2. The number of fused-ring (bicyclic) bond motifs is 1. The minimum atomic E-state index is -3.87. The molecule has 0 bridgehead atoms. The quantitative estimate of drug-likeness (QED) is 0.402. The molecule has 2 aliphatic rings. The molecular formula is C28H30ClN3O7S2. The third-order valence-corrected chi connectivity index (χ3v) is 11.4. The van der Waals surface area contributed by atoms with Crippen LogP contribution in [-0.2, 0) is 31.3 Å². The van der Waals surface area contributed by atoms with E-state index in [1.807, 2.05) is 6.07 Å². The number of nitrogens with zero attached hydrogens (tertiary/aromatic N) is 2. The molecule has 1 N–H and O–H groups in total. The molecule has 5 rings (SSSR count). The molecule has 0 atom stereocenters. The molecule has 1 amide bonds. The molecule has 0 saturated carbocycles.